The third-order valence-corrected chi connectivity index (χ3v) is 4.72. The number of halogens is 1. The zero-order chi connectivity index (χ0) is 19.8. The van der Waals surface area contributed by atoms with Crippen molar-refractivity contribution in [1.82, 2.24) is 15.1 Å². The van der Waals surface area contributed by atoms with Gasteiger partial charge in [0.05, 0.1) is 0 Å². The topological polar surface area (TPSA) is 52.7 Å². The molecular weight excluding hydrogens is 357 g/mol. The summed E-state index contributed by atoms with van der Waals surface area (Å²) in [6.45, 7) is 3.24. The van der Waals surface area contributed by atoms with Crippen molar-refractivity contribution >= 4 is 17.9 Å². The molecule has 146 valence electrons. The molecule has 0 aliphatic carbocycles. The minimum Gasteiger partial charge on any atom is -0.344 e. The Hall–Kier alpha value is -2.99. The van der Waals surface area contributed by atoms with Crippen LogP contribution in [0.25, 0.3) is 6.08 Å². The molecule has 1 N–H and O–H groups in total. The second kappa shape index (κ2) is 9.80. The molecule has 3 rings (SSSR count). The molecule has 0 spiro atoms. The number of benzene rings is 2. The number of rotatable bonds is 5. The van der Waals surface area contributed by atoms with Gasteiger partial charge in [0.2, 0.25) is 0 Å². The summed E-state index contributed by atoms with van der Waals surface area (Å²) < 4.78 is 13.6. The van der Waals surface area contributed by atoms with E-state index in [1.165, 1.54) is 6.07 Å². The number of nitrogens with zero attached hydrogens (tertiary/aromatic N) is 2. The summed E-state index contributed by atoms with van der Waals surface area (Å²) in [4.78, 5) is 28.2. The van der Waals surface area contributed by atoms with E-state index >= 15 is 0 Å². The quantitative estimate of drug-likeness (QED) is 0.809. The lowest BCUT2D eigenvalue weighted by Crippen LogP contribution is -2.52. The summed E-state index contributed by atoms with van der Waals surface area (Å²) in [5.41, 5.74) is 1.52. The van der Waals surface area contributed by atoms with Crippen LogP contribution in [-0.4, -0.2) is 54.3 Å². The highest BCUT2D eigenvalue weighted by molar-refractivity contribution is 6.35. The van der Waals surface area contributed by atoms with Crippen LogP contribution in [0.3, 0.4) is 0 Å². The Morgan fingerprint density at radius 2 is 1.64 bits per heavy atom. The first-order valence-electron chi connectivity index (χ1n) is 9.38. The molecule has 0 aromatic heterocycles. The predicted molar refractivity (Wildman–Crippen MR) is 107 cm³/mol. The van der Waals surface area contributed by atoms with Crippen LogP contribution in [0, 0.1) is 5.82 Å². The molecule has 1 saturated heterocycles. The molecule has 0 saturated carbocycles. The van der Waals surface area contributed by atoms with Gasteiger partial charge in [0.15, 0.2) is 0 Å². The van der Waals surface area contributed by atoms with E-state index in [-0.39, 0.29) is 6.54 Å². The third-order valence-electron chi connectivity index (χ3n) is 4.72. The predicted octanol–water partition coefficient (Wildman–Crippen LogP) is 2.30. The van der Waals surface area contributed by atoms with Crippen LogP contribution in [0.5, 0.6) is 0 Å². The van der Waals surface area contributed by atoms with E-state index in [4.69, 9.17) is 0 Å². The zero-order valence-corrected chi connectivity index (χ0v) is 15.7. The van der Waals surface area contributed by atoms with Crippen LogP contribution in [-0.2, 0) is 16.1 Å². The molecule has 0 radical (unpaired) electrons. The number of amides is 2. The largest absolute Gasteiger partial charge is 0.344 e. The van der Waals surface area contributed by atoms with Crippen LogP contribution in [0.1, 0.15) is 11.1 Å². The first-order chi connectivity index (χ1) is 13.6. The Morgan fingerprint density at radius 3 is 2.36 bits per heavy atom. The lowest BCUT2D eigenvalue weighted by Gasteiger charge is -2.33. The van der Waals surface area contributed by atoms with Gasteiger partial charge in [0.25, 0.3) is 0 Å². The van der Waals surface area contributed by atoms with Gasteiger partial charge in [0.1, 0.15) is 5.82 Å². The molecular formula is C22H24FN3O2. The second-order valence-corrected chi connectivity index (χ2v) is 6.68. The van der Waals surface area contributed by atoms with Crippen molar-refractivity contribution in [3.63, 3.8) is 0 Å². The highest BCUT2D eigenvalue weighted by Crippen LogP contribution is 2.07. The van der Waals surface area contributed by atoms with Crippen LogP contribution >= 0.6 is 0 Å². The van der Waals surface area contributed by atoms with E-state index in [0.29, 0.717) is 31.7 Å². The molecule has 0 bridgehead atoms. The molecule has 1 aliphatic rings. The molecule has 2 aromatic rings. The molecule has 28 heavy (non-hydrogen) atoms. The minimum atomic E-state index is -0.694. The van der Waals surface area contributed by atoms with Gasteiger partial charge in [-0.25, -0.2) is 4.39 Å². The Kier molecular flexibility index (Phi) is 6.92. The zero-order valence-electron chi connectivity index (χ0n) is 15.7. The first-order valence-corrected chi connectivity index (χ1v) is 9.38. The molecule has 2 amide bonds. The van der Waals surface area contributed by atoms with Gasteiger partial charge in [-0.2, -0.15) is 0 Å². The fourth-order valence-corrected chi connectivity index (χ4v) is 3.07. The standard InChI is InChI=1S/C22H24FN3O2/c23-20-11-5-4-10-19(20)17-24-21(27)22(28)26-15-13-25(14-16-26)12-6-9-18-7-2-1-3-8-18/h1-11H,12-17H2,(H,24,27)/b9-6+. The normalized spacial score (nSPS) is 15.0. The number of carbonyl (C=O) groups is 2. The van der Waals surface area contributed by atoms with Gasteiger partial charge < -0.3 is 10.2 Å². The average molecular weight is 381 g/mol. The third kappa shape index (κ3) is 5.50. The van der Waals surface area contributed by atoms with Gasteiger partial charge in [-0.1, -0.05) is 60.7 Å². The lowest BCUT2D eigenvalue weighted by molar-refractivity contribution is -0.147. The summed E-state index contributed by atoms with van der Waals surface area (Å²) in [6, 6.07) is 16.3. The maximum absolute atomic E-state index is 13.6. The molecule has 0 unspecified atom stereocenters. The number of piperazine rings is 1. The van der Waals surface area contributed by atoms with E-state index < -0.39 is 17.6 Å². The maximum atomic E-state index is 13.6. The fraction of sp³-hybridized carbons (Fsp3) is 0.273. The summed E-state index contributed by atoms with van der Waals surface area (Å²) in [5.74, 6) is -1.65. The van der Waals surface area contributed by atoms with Crippen molar-refractivity contribution < 1.29 is 14.0 Å². The van der Waals surface area contributed by atoms with E-state index in [1.54, 1.807) is 23.1 Å². The average Bonchev–Trinajstić information content (AvgIpc) is 2.74. The fourth-order valence-electron chi connectivity index (χ4n) is 3.07. The molecule has 5 nitrogen and oxygen atoms in total. The van der Waals surface area contributed by atoms with Crippen molar-refractivity contribution in [3.05, 3.63) is 77.6 Å². The molecule has 2 aromatic carbocycles. The molecule has 1 heterocycles. The maximum Gasteiger partial charge on any atom is 0.311 e. The Bertz CT molecular complexity index is 831. The summed E-state index contributed by atoms with van der Waals surface area (Å²) in [5, 5.41) is 2.51. The highest BCUT2D eigenvalue weighted by atomic mass is 19.1. The van der Waals surface area contributed by atoms with Crippen molar-refractivity contribution in [2.24, 2.45) is 0 Å². The Balaban J connectivity index is 1.41. The monoisotopic (exact) mass is 381 g/mol. The SMILES string of the molecule is O=C(NCc1ccccc1F)C(=O)N1CCN(C/C=C/c2ccccc2)CC1. The van der Waals surface area contributed by atoms with Crippen molar-refractivity contribution in [1.29, 1.82) is 0 Å². The Labute approximate surface area is 164 Å². The van der Waals surface area contributed by atoms with Gasteiger partial charge in [-0.3, -0.25) is 14.5 Å². The molecule has 0 atom stereocenters. The minimum absolute atomic E-state index is 0.00148. The first kappa shape index (κ1) is 19.8. The molecule has 1 aliphatic heterocycles. The second-order valence-electron chi connectivity index (χ2n) is 6.68. The van der Waals surface area contributed by atoms with E-state index in [1.807, 2.05) is 30.3 Å². The smallest absolute Gasteiger partial charge is 0.311 e. The summed E-state index contributed by atoms with van der Waals surface area (Å²) >= 11 is 0. The van der Waals surface area contributed by atoms with E-state index in [9.17, 15) is 14.0 Å². The lowest BCUT2D eigenvalue weighted by atomic mass is 10.2. The van der Waals surface area contributed by atoms with Crippen LogP contribution < -0.4 is 5.32 Å². The molecule has 1 fully saturated rings. The number of hydrogen-bond acceptors (Lipinski definition) is 3. The van der Waals surface area contributed by atoms with E-state index in [0.717, 1.165) is 12.1 Å². The number of carbonyl (C=O) groups excluding carboxylic acids is 2. The number of nitrogens with one attached hydrogen (secondary N) is 1. The van der Waals surface area contributed by atoms with Gasteiger partial charge in [-0.05, 0) is 11.6 Å². The van der Waals surface area contributed by atoms with Crippen molar-refractivity contribution in [2.75, 3.05) is 32.7 Å². The van der Waals surface area contributed by atoms with Crippen molar-refractivity contribution in [3.8, 4) is 0 Å². The van der Waals surface area contributed by atoms with Crippen LogP contribution in [0.2, 0.25) is 0 Å². The summed E-state index contributed by atoms with van der Waals surface area (Å²) in [6.07, 6.45) is 4.18. The van der Waals surface area contributed by atoms with E-state index in [2.05, 4.69) is 22.4 Å². The highest BCUT2D eigenvalue weighted by Gasteiger charge is 2.25. The van der Waals surface area contributed by atoms with Crippen molar-refractivity contribution in [2.45, 2.75) is 6.54 Å². The van der Waals surface area contributed by atoms with Gasteiger partial charge >= 0.3 is 11.8 Å². The van der Waals surface area contributed by atoms with Gasteiger partial charge in [-0.15, -0.1) is 0 Å². The van der Waals surface area contributed by atoms with Crippen LogP contribution in [0.15, 0.2) is 60.7 Å². The molecule has 6 heteroatoms. The van der Waals surface area contributed by atoms with Gasteiger partial charge in [0, 0.05) is 44.8 Å². The summed E-state index contributed by atoms with van der Waals surface area (Å²) in [7, 11) is 0. The number of hydrogen-bond donors (Lipinski definition) is 1. The van der Waals surface area contributed by atoms with Crippen LogP contribution in [0.4, 0.5) is 4.39 Å². The Morgan fingerprint density at radius 1 is 0.964 bits per heavy atom.